The molecule has 1 atom stereocenters. The van der Waals surface area contributed by atoms with Crippen molar-refractivity contribution < 1.29 is 18.3 Å². The van der Waals surface area contributed by atoms with Crippen molar-refractivity contribution in [2.75, 3.05) is 13.1 Å². The summed E-state index contributed by atoms with van der Waals surface area (Å²) in [7, 11) is -2.58. The van der Waals surface area contributed by atoms with Crippen LogP contribution in [0.2, 0.25) is 0 Å². The Kier molecular flexibility index (Phi) is 2.45. The van der Waals surface area contributed by atoms with Crippen LogP contribution in [0.25, 0.3) is 0 Å². The molecule has 0 spiro atoms. The number of carboxylic acids is 1. The minimum atomic E-state index is -2.58. The lowest BCUT2D eigenvalue weighted by atomic mass is 10.1. The van der Waals surface area contributed by atoms with Crippen LogP contribution in [0.15, 0.2) is 0 Å². The molecule has 1 aliphatic heterocycles. The van der Waals surface area contributed by atoms with Crippen molar-refractivity contribution in [1.82, 2.24) is 4.31 Å². The third-order valence-corrected chi connectivity index (χ3v) is 2.57. The number of nitrogens with zero attached hydrogens (tertiary/aromatic N) is 1. The largest absolute Gasteiger partial charge is 0.481 e. The Morgan fingerprint density at radius 3 is 2.45 bits per heavy atom. The zero-order valence-electron chi connectivity index (χ0n) is 5.77. The lowest BCUT2D eigenvalue weighted by Gasteiger charge is -2.03. The number of carboxylic acid groups (broad SMARTS) is 1. The normalized spacial score (nSPS) is 26.1. The third-order valence-electron chi connectivity index (χ3n) is 1.75. The van der Waals surface area contributed by atoms with E-state index in [1.54, 1.807) is 0 Å². The molecule has 1 fully saturated rings. The van der Waals surface area contributed by atoms with Gasteiger partial charge in [0.1, 0.15) is 0 Å². The van der Waals surface area contributed by atoms with Gasteiger partial charge in [-0.25, -0.2) is 12.7 Å². The van der Waals surface area contributed by atoms with Crippen molar-refractivity contribution in [3.8, 4) is 0 Å². The first kappa shape index (κ1) is 8.48. The van der Waals surface area contributed by atoms with Gasteiger partial charge >= 0.3 is 5.97 Å². The molecule has 1 aliphatic rings. The highest BCUT2D eigenvalue weighted by molar-refractivity contribution is 7.69. The summed E-state index contributed by atoms with van der Waals surface area (Å²) in [4.78, 5) is 10.3. The van der Waals surface area contributed by atoms with Crippen LogP contribution in [0.3, 0.4) is 0 Å². The van der Waals surface area contributed by atoms with E-state index >= 15 is 0 Å². The van der Waals surface area contributed by atoms with Gasteiger partial charge in [-0.3, -0.25) is 4.79 Å². The summed E-state index contributed by atoms with van der Waals surface area (Å²) in [5, 5.41) is 8.49. The summed E-state index contributed by atoms with van der Waals surface area (Å²) in [6, 6.07) is 0. The first-order chi connectivity index (χ1) is 5.11. The molecule has 6 heteroatoms. The number of aliphatic carboxylic acids is 1. The summed E-state index contributed by atoms with van der Waals surface area (Å²) >= 11 is 0. The van der Waals surface area contributed by atoms with Gasteiger partial charge in [0.2, 0.25) is 10.9 Å². The fraction of sp³-hybridized carbons (Fsp3) is 0.800. The zero-order chi connectivity index (χ0) is 8.43. The molecule has 0 aliphatic carbocycles. The second-order valence-electron chi connectivity index (χ2n) is 2.47. The van der Waals surface area contributed by atoms with Gasteiger partial charge < -0.3 is 5.11 Å². The molecule has 11 heavy (non-hydrogen) atoms. The molecule has 1 unspecified atom stereocenters. The maximum Gasteiger partial charge on any atom is 0.307 e. The quantitative estimate of drug-likeness (QED) is 0.529. The minimum Gasteiger partial charge on any atom is -0.481 e. The van der Waals surface area contributed by atoms with Crippen LogP contribution in [-0.4, -0.2) is 36.9 Å². The highest BCUT2D eigenvalue weighted by Gasteiger charge is 2.28. The van der Waals surface area contributed by atoms with Gasteiger partial charge in [0.15, 0.2) is 0 Å². The molecule has 0 saturated carbocycles. The van der Waals surface area contributed by atoms with Gasteiger partial charge in [-0.2, -0.15) is 0 Å². The van der Waals surface area contributed by atoms with E-state index in [0.717, 1.165) is 4.31 Å². The number of rotatable bonds is 2. The highest BCUT2D eigenvalue weighted by Crippen LogP contribution is 2.15. The highest BCUT2D eigenvalue weighted by atomic mass is 32.2. The summed E-state index contributed by atoms with van der Waals surface area (Å²) < 4.78 is 21.8. The zero-order valence-corrected chi connectivity index (χ0v) is 6.66. The third kappa shape index (κ3) is 1.90. The number of hydrogen-bond acceptors (Lipinski definition) is 3. The minimum absolute atomic E-state index is 0.133. The van der Waals surface area contributed by atoms with Gasteiger partial charge in [-0.15, -0.1) is 0 Å². The molecule has 0 amide bonds. The molecule has 64 valence electrons. The van der Waals surface area contributed by atoms with Crippen molar-refractivity contribution in [2.45, 2.75) is 6.42 Å². The van der Waals surface area contributed by atoms with Gasteiger partial charge in [0.25, 0.3) is 0 Å². The summed E-state index contributed by atoms with van der Waals surface area (Å²) in [5.74, 6) is -1.42. The first-order valence-corrected chi connectivity index (χ1v) is 4.36. The molecule has 1 saturated heterocycles. The molecular formula is C5H9NO4S. The molecule has 0 aromatic heterocycles. The van der Waals surface area contributed by atoms with Crippen LogP contribution in [0.5, 0.6) is 0 Å². The number of carbonyl (C=O) groups is 1. The summed E-state index contributed by atoms with van der Waals surface area (Å²) in [6.45, 7) is 0.476. The monoisotopic (exact) mass is 179 g/mol. The summed E-state index contributed by atoms with van der Waals surface area (Å²) in [5.41, 5.74) is 0. The molecule has 1 rings (SSSR count). The van der Waals surface area contributed by atoms with E-state index in [-0.39, 0.29) is 6.54 Å². The molecule has 1 N–H and O–H groups in total. The SMILES string of the molecule is O=C(O)C1CCN([SH](=O)=O)C1. The molecular weight excluding hydrogens is 170 g/mol. The molecule has 1 heterocycles. The van der Waals surface area contributed by atoms with Crippen molar-refractivity contribution in [2.24, 2.45) is 5.92 Å². The van der Waals surface area contributed by atoms with Gasteiger partial charge in [0, 0.05) is 13.1 Å². The van der Waals surface area contributed by atoms with E-state index < -0.39 is 22.8 Å². The lowest BCUT2D eigenvalue weighted by molar-refractivity contribution is -0.141. The Bertz CT molecular complexity index is 229. The fourth-order valence-corrected chi connectivity index (χ4v) is 1.70. The molecule has 0 aromatic carbocycles. The van der Waals surface area contributed by atoms with Crippen molar-refractivity contribution in [1.29, 1.82) is 0 Å². The maximum atomic E-state index is 10.3. The smallest absolute Gasteiger partial charge is 0.307 e. The van der Waals surface area contributed by atoms with E-state index in [4.69, 9.17) is 5.11 Å². The Morgan fingerprint density at radius 1 is 1.55 bits per heavy atom. The molecule has 0 radical (unpaired) electrons. The maximum absolute atomic E-state index is 10.3. The van der Waals surface area contributed by atoms with Crippen molar-refractivity contribution in [3.63, 3.8) is 0 Å². The second-order valence-corrected chi connectivity index (χ2v) is 3.52. The van der Waals surface area contributed by atoms with Crippen molar-refractivity contribution >= 4 is 16.9 Å². The van der Waals surface area contributed by atoms with Crippen molar-refractivity contribution in [3.05, 3.63) is 0 Å². The van der Waals surface area contributed by atoms with Gasteiger partial charge in [0.05, 0.1) is 5.92 Å². The molecule has 5 nitrogen and oxygen atoms in total. The Balaban J connectivity index is 2.53. The first-order valence-electron chi connectivity index (χ1n) is 3.23. The predicted octanol–water partition coefficient (Wildman–Crippen LogP) is -1.08. The van der Waals surface area contributed by atoms with Crippen LogP contribution in [-0.2, 0) is 15.7 Å². The van der Waals surface area contributed by atoms with E-state index in [1.807, 2.05) is 0 Å². The standard InChI is InChI=1S/C5H9NO4S/c7-5(8)4-1-2-6(3-4)11(9)10/h4,11H,1-3H2,(H,7,8). The topological polar surface area (TPSA) is 74.7 Å². The van der Waals surface area contributed by atoms with Crippen LogP contribution >= 0.6 is 0 Å². The Morgan fingerprint density at radius 2 is 2.18 bits per heavy atom. The Labute approximate surface area is 65.7 Å². The van der Waals surface area contributed by atoms with Crippen LogP contribution < -0.4 is 0 Å². The Hall–Kier alpha value is -0.620. The van der Waals surface area contributed by atoms with E-state index in [1.165, 1.54) is 0 Å². The van der Waals surface area contributed by atoms with Gasteiger partial charge in [-0.05, 0) is 6.42 Å². The van der Waals surface area contributed by atoms with Gasteiger partial charge in [-0.1, -0.05) is 0 Å². The predicted molar refractivity (Wildman–Crippen MR) is 37.6 cm³/mol. The fourth-order valence-electron chi connectivity index (χ4n) is 1.09. The average Bonchev–Trinajstić information content (AvgIpc) is 2.33. The van der Waals surface area contributed by atoms with E-state index in [2.05, 4.69) is 0 Å². The van der Waals surface area contributed by atoms with Crippen LogP contribution in [0, 0.1) is 5.92 Å². The second kappa shape index (κ2) is 3.19. The molecule has 0 aromatic rings. The molecule has 0 bridgehead atoms. The van der Waals surface area contributed by atoms with E-state index in [0.29, 0.717) is 13.0 Å². The summed E-state index contributed by atoms with van der Waals surface area (Å²) in [6.07, 6.45) is 0.429. The van der Waals surface area contributed by atoms with Crippen LogP contribution in [0.1, 0.15) is 6.42 Å². The van der Waals surface area contributed by atoms with E-state index in [9.17, 15) is 13.2 Å². The van der Waals surface area contributed by atoms with Crippen LogP contribution in [0.4, 0.5) is 0 Å². The average molecular weight is 179 g/mol. The number of hydrogen-bond donors (Lipinski definition) is 2. The number of thiol groups is 1. The lowest BCUT2D eigenvalue weighted by Crippen LogP contribution is -2.21.